The second kappa shape index (κ2) is 7.78. The maximum absolute atomic E-state index is 10.9. The van der Waals surface area contributed by atoms with E-state index in [0.717, 1.165) is 26.5 Å². The van der Waals surface area contributed by atoms with Crippen molar-refractivity contribution in [3.8, 4) is 5.88 Å². The van der Waals surface area contributed by atoms with Crippen LogP contribution in [0.3, 0.4) is 0 Å². The van der Waals surface area contributed by atoms with E-state index in [-0.39, 0.29) is 5.88 Å². The molecule has 0 atom stereocenters. The van der Waals surface area contributed by atoms with Crippen molar-refractivity contribution in [3.05, 3.63) is 68.8 Å². The number of para-hydroxylation sites is 2. The first-order valence-electron chi connectivity index (χ1n) is 9.10. The molecule has 1 aliphatic rings. The standard InChI is InChI=1S/C22H20ClN3OS/c1-14(2)13-26-21(27)20(11-15-12-24-18-9-5-3-7-16(15)18)28-22(26)25-19-10-6-4-8-17(19)23/h3-12,14,27H,13H2,1-2H3/b15-11+,25-22?. The third-order valence-electron chi connectivity index (χ3n) is 4.37. The summed E-state index contributed by atoms with van der Waals surface area (Å²) in [4.78, 5) is 10.6. The average molecular weight is 410 g/mol. The highest BCUT2D eigenvalue weighted by molar-refractivity contribution is 7.10. The maximum atomic E-state index is 10.9. The topological polar surface area (TPSA) is 49.9 Å². The van der Waals surface area contributed by atoms with Crippen molar-refractivity contribution in [2.24, 2.45) is 15.9 Å². The molecule has 0 saturated heterocycles. The lowest BCUT2D eigenvalue weighted by atomic mass is 10.1. The summed E-state index contributed by atoms with van der Waals surface area (Å²) in [5, 5.41) is 11.5. The van der Waals surface area contributed by atoms with Gasteiger partial charge in [-0.25, -0.2) is 4.99 Å². The molecule has 0 saturated carbocycles. The SMILES string of the molecule is CC(C)Cn1c(O)c(/C=C2\C=Nc3ccccc32)sc1=Nc1ccccc1Cl. The predicted octanol–water partition coefficient (Wildman–Crippen LogP) is 6.05. The van der Waals surface area contributed by atoms with E-state index >= 15 is 0 Å². The molecule has 2 heterocycles. The average Bonchev–Trinajstić information content (AvgIpc) is 3.20. The van der Waals surface area contributed by atoms with Crippen molar-refractivity contribution in [1.82, 2.24) is 4.57 Å². The number of nitrogens with zero attached hydrogens (tertiary/aromatic N) is 3. The van der Waals surface area contributed by atoms with E-state index in [2.05, 4.69) is 18.8 Å². The summed E-state index contributed by atoms with van der Waals surface area (Å²) < 4.78 is 1.85. The van der Waals surface area contributed by atoms with Gasteiger partial charge in [0.2, 0.25) is 5.88 Å². The van der Waals surface area contributed by atoms with Gasteiger partial charge in [-0.2, -0.15) is 0 Å². The van der Waals surface area contributed by atoms with E-state index < -0.39 is 0 Å². The largest absolute Gasteiger partial charge is 0.493 e. The normalized spacial score (nSPS) is 15.0. The molecule has 142 valence electrons. The number of aliphatic imine (C=N–C) groups is 1. The molecule has 1 aliphatic heterocycles. The van der Waals surface area contributed by atoms with Crippen molar-refractivity contribution in [1.29, 1.82) is 0 Å². The Hall–Kier alpha value is -2.63. The van der Waals surface area contributed by atoms with E-state index in [9.17, 15) is 5.11 Å². The van der Waals surface area contributed by atoms with Crippen molar-refractivity contribution < 1.29 is 5.11 Å². The third-order valence-corrected chi connectivity index (χ3v) is 5.70. The lowest BCUT2D eigenvalue weighted by Gasteiger charge is -2.08. The molecule has 6 heteroatoms. The Labute approximate surface area is 172 Å². The molecule has 0 amide bonds. The van der Waals surface area contributed by atoms with Crippen LogP contribution in [0.15, 0.2) is 58.5 Å². The van der Waals surface area contributed by atoms with E-state index in [0.29, 0.717) is 23.2 Å². The number of rotatable bonds is 4. The van der Waals surface area contributed by atoms with Gasteiger partial charge in [-0.1, -0.05) is 67.1 Å². The van der Waals surface area contributed by atoms with Gasteiger partial charge >= 0.3 is 0 Å². The lowest BCUT2D eigenvalue weighted by Crippen LogP contribution is -2.17. The Morgan fingerprint density at radius 1 is 1.18 bits per heavy atom. The number of allylic oxidation sites excluding steroid dienone is 1. The zero-order valence-corrected chi connectivity index (χ0v) is 17.2. The molecule has 0 spiro atoms. The summed E-state index contributed by atoms with van der Waals surface area (Å²) in [7, 11) is 0. The molecule has 4 rings (SSSR count). The van der Waals surface area contributed by atoms with Gasteiger partial charge in [-0.05, 0) is 30.2 Å². The van der Waals surface area contributed by atoms with Crippen LogP contribution in [0.5, 0.6) is 5.88 Å². The van der Waals surface area contributed by atoms with Gasteiger partial charge in [0.05, 0.1) is 21.3 Å². The second-order valence-corrected chi connectivity index (χ2v) is 8.43. The second-order valence-electron chi connectivity index (χ2n) is 7.02. The zero-order chi connectivity index (χ0) is 19.7. The van der Waals surface area contributed by atoms with Gasteiger partial charge in [-0.3, -0.25) is 9.56 Å². The molecular weight excluding hydrogens is 390 g/mol. The van der Waals surface area contributed by atoms with Crippen LogP contribution >= 0.6 is 22.9 Å². The first-order valence-corrected chi connectivity index (χ1v) is 10.3. The van der Waals surface area contributed by atoms with Crippen LogP contribution in [0.2, 0.25) is 5.02 Å². The Balaban J connectivity index is 1.85. The number of benzene rings is 2. The quantitative estimate of drug-likeness (QED) is 0.559. The van der Waals surface area contributed by atoms with E-state index in [1.54, 1.807) is 0 Å². The molecule has 1 aromatic heterocycles. The summed E-state index contributed by atoms with van der Waals surface area (Å²) in [5.41, 5.74) is 3.68. The summed E-state index contributed by atoms with van der Waals surface area (Å²) in [6, 6.07) is 15.5. The number of thiazole rings is 1. The molecule has 3 aromatic rings. The molecule has 0 aliphatic carbocycles. The van der Waals surface area contributed by atoms with Crippen molar-refractivity contribution in [3.63, 3.8) is 0 Å². The van der Waals surface area contributed by atoms with Crippen LogP contribution in [-0.2, 0) is 6.54 Å². The van der Waals surface area contributed by atoms with Gasteiger partial charge in [0.25, 0.3) is 0 Å². The third kappa shape index (κ3) is 3.68. The molecule has 0 bridgehead atoms. The summed E-state index contributed by atoms with van der Waals surface area (Å²) >= 11 is 7.73. The fourth-order valence-electron chi connectivity index (χ4n) is 3.07. The minimum atomic E-state index is 0.217. The van der Waals surface area contributed by atoms with Crippen LogP contribution < -0.4 is 4.80 Å². The monoisotopic (exact) mass is 409 g/mol. The fourth-order valence-corrected chi connectivity index (χ4v) is 4.25. The number of halogens is 1. The first-order chi connectivity index (χ1) is 13.5. The van der Waals surface area contributed by atoms with E-state index in [1.807, 2.05) is 65.4 Å². The van der Waals surface area contributed by atoms with Crippen LogP contribution in [-0.4, -0.2) is 15.9 Å². The summed E-state index contributed by atoms with van der Waals surface area (Å²) in [5.74, 6) is 0.578. The summed E-state index contributed by atoms with van der Waals surface area (Å²) in [6.45, 7) is 4.89. The molecule has 4 nitrogen and oxygen atoms in total. The highest BCUT2D eigenvalue weighted by atomic mass is 35.5. The van der Waals surface area contributed by atoms with Crippen LogP contribution in [0, 0.1) is 5.92 Å². The van der Waals surface area contributed by atoms with Crippen molar-refractivity contribution >= 4 is 52.2 Å². The Morgan fingerprint density at radius 2 is 1.93 bits per heavy atom. The summed E-state index contributed by atoms with van der Waals surface area (Å²) in [6.07, 6.45) is 3.80. The van der Waals surface area contributed by atoms with Gasteiger partial charge in [0, 0.05) is 23.9 Å². The smallest absolute Gasteiger partial charge is 0.211 e. The molecule has 2 aromatic carbocycles. The van der Waals surface area contributed by atoms with E-state index in [4.69, 9.17) is 16.6 Å². The Kier molecular flexibility index (Phi) is 5.20. The number of hydrogen-bond donors (Lipinski definition) is 1. The van der Waals surface area contributed by atoms with Crippen LogP contribution in [0.4, 0.5) is 11.4 Å². The Morgan fingerprint density at radius 3 is 2.71 bits per heavy atom. The van der Waals surface area contributed by atoms with Gasteiger partial charge in [0.1, 0.15) is 0 Å². The predicted molar refractivity (Wildman–Crippen MR) is 118 cm³/mol. The number of aromatic hydroxyl groups is 1. The molecule has 1 N–H and O–H groups in total. The van der Waals surface area contributed by atoms with Gasteiger partial charge in [-0.15, -0.1) is 0 Å². The number of hydrogen-bond acceptors (Lipinski definition) is 4. The highest BCUT2D eigenvalue weighted by Crippen LogP contribution is 2.34. The molecule has 28 heavy (non-hydrogen) atoms. The zero-order valence-electron chi connectivity index (χ0n) is 15.6. The highest BCUT2D eigenvalue weighted by Gasteiger charge is 2.16. The maximum Gasteiger partial charge on any atom is 0.211 e. The molecule has 0 unspecified atom stereocenters. The lowest BCUT2D eigenvalue weighted by molar-refractivity contribution is 0.387. The van der Waals surface area contributed by atoms with Crippen LogP contribution in [0.25, 0.3) is 11.6 Å². The van der Waals surface area contributed by atoms with Crippen LogP contribution in [0.1, 0.15) is 24.3 Å². The minimum Gasteiger partial charge on any atom is -0.493 e. The minimum absolute atomic E-state index is 0.217. The van der Waals surface area contributed by atoms with Gasteiger partial charge < -0.3 is 5.11 Å². The molecular formula is C22H20ClN3OS. The number of fused-ring (bicyclic) bond motifs is 1. The molecule has 0 fully saturated rings. The van der Waals surface area contributed by atoms with Crippen molar-refractivity contribution in [2.75, 3.05) is 0 Å². The van der Waals surface area contributed by atoms with Crippen molar-refractivity contribution in [2.45, 2.75) is 20.4 Å². The Bertz CT molecular complexity index is 1150. The van der Waals surface area contributed by atoms with Gasteiger partial charge in [0.15, 0.2) is 4.80 Å². The number of aromatic nitrogens is 1. The first kappa shape index (κ1) is 18.7. The molecule has 0 radical (unpaired) electrons. The van der Waals surface area contributed by atoms with E-state index in [1.165, 1.54) is 11.3 Å². The fraction of sp³-hybridized carbons (Fsp3) is 0.182.